The lowest BCUT2D eigenvalue weighted by Crippen LogP contribution is -2.45. The Morgan fingerprint density at radius 2 is 2.17 bits per heavy atom. The zero-order valence-electron chi connectivity index (χ0n) is 10.3. The van der Waals surface area contributed by atoms with Crippen molar-refractivity contribution >= 4 is 6.09 Å². The van der Waals surface area contributed by atoms with Crippen molar-refractivity contribution in [3.8, 4) is 0 Å². The molecule has 0 saturated carbocycles. The van der Waals surface area contributed by atoms with Crippen LogP contribution in [0, 0.1) is 5.82 Å². The summed E-state index contributed by atoms with van der Waals surface area (Å²) in [6.07, 6.45) is 0.760. The van der Waals surface area contributed by atoms with Gasteiger partial charge in [0.15, 0.2) is 0 Å². The van der Waals surface area contributed by atoms with Gasteiger partial charge in [0.25, 0.3) is 0 Å². The van der Waals surface area contributed by atoms with Gasteiger partial charge in [-0.1, -0.05) is 24.3 Å². The number of hydrogen-bond acceptors (Lipinski definition) is 2. The molecule has 1 aromatic carbocycles. The average molecular weight is 249 g/mol. The molecule has 96 valence electrons. The van der Waals surface area contributed by atoms with E-state index >= 15 is 0 Å². The number of halogens is 1. The van der Waals surface area contributed by atoms with Crippen molar-refractivity contribution in [2.75, 3.05) is 6.54 Å². The molecular formula is C14H16FNO2. The molecule has 1 atom stereocenters. The maximum atomic E-state index is 13.0. The van der Waals surface area contributed by atoms with Crippen molar-refractivity contribution < 1.29 is 13.9 Å². The van der Waals surface area contributed by atoms with E-state index in [1.165, 1.54) is 12.1 Å². The molecule has 0 aliphatic carbocycles. The van der Waals surface area contributed by atoms with Crippen LogP contribution in [-0.4, -0.2) is 12.6 Å². The standard InChI is InChI=1S/C14H16FNO2/c1-10(2)9-14(7-8-16-13(17)18-14)11-3-5-12(15)6-4-11/h3-6H,1,7-9H2,2H3,(H,16,17). The van der Waals surface area contributed by atoms with E-state index in [9.17, 15) is 9.18 Å². The Morgan fingerprint density at radius 3 is 2.72 bits per heavy atom. The molecule has 0 radical (unpaired) electrons. The predicted octanol–water partition coefficient (Wildman–Crippen LogP) is 3.12. The number of carbonyl (C=O) groups is 1. The topological polar surface area (TPSA) is 38.3 Å². The molecule has 1 heterocycles. The van der Waals surface area contributed by atoms with E-state index in [1.54, 1.807) is 12.1 Å². The fourth-order valence-corrected chi connectivity index (χ4v) is 2.30. The van der Waals surface area contributed by atoms with Gasteiger partial charge in [0.2, 0.25) is 0 Å². The Morgan fingerprint density at radius 1 is 1.50 bits per heavy atom. The third-order valence-electron chi connectivity index (χ3n) is 3.04. The number of benzene rings is 1. The minimum atomic E-state index is -0.720. The first-order valence-electron chi connectivity index (χ1n) is 5.89. The highest BCUT2D eigenvalue weighted by molar-refractivity contribution is 5.69. The van der Waals surface area contributed by atoms with Crippen LogP contribution in [0.4, 0.5) is 9.18 Å². The molecule has 1 aliphatic rings. The third-order valence-corrected chi connectivity index (χ3v) is 3.04. The van der Waals surface area contributed by atoms with E-state index in [2.05, 4.69) is 11.9 Å². The van der Waals surface area contributed by atoms with Crippen molar-refractivity contribution in [2.24, 2.45) is 0 Å². The predicted molar refractivity (Wildman–Crippen MR) is 66.6 cm³/mol. The van der Waals surface area contributed by atoms with Crippen molar-refractivity contribution in [3.05, 3.63) is 47.8 Å². The summed E-state index contributed by atoms with van der Waals surface area (Å²) in [4.78, 5) is 11.5. The van der Waals surface area contributed by atoms with E-state index in [1.807, 2.05) is 6.92 Å². The molecule has 0 aromatic heterocycles. The highest BCUT2D eigenvalue weighted by Crippen LogP contribution is 2.37. The van der Waals surface area contributed by atoms with Gasteiger partial charge in [-0.3, -0.25) is 0 Å². The minimum absolute atomic E-state index is 0.301. The zero-order chi connectivity index (χ0) is 13.2. The first-order chi connectivity index (χ1) is 8.52. The Kier molecular flexibility index (Phi) is 3.36. The fraction of sp³-hybridized carbons (Fsp3) is 0.357. The number of hydrogen-bond donors (Lipinski definition) is 1. The molecule has 4 heteroatoms. The number of ether oxygens (including phenoxy) is 1. The number of cyclic esters (lactones) is 1. The average Bonchev–Trinajstić information content (AvgIpc) is 2.28. The van der Waals surface area contributed by atoms with Crippen LogP contribution in [0.1, 0.15) is 25.3 Å². The van der Waals surface area contributed by atoms with E-state index in [0.29, 0.717) is 19.4 Å². The van der Waals surface area contributed by atoms with Crippen molar-refractivity contribution in [3.63, 3.8) is 0 Å². The quantitative estimate of drug-likeness (QED) is 0.836. The number of carbonyl (C=O) groups excluding carboxylic acids is 1. The number of alkyl carbamates (subject to hydrolysis) is 1. The van der Waals surface area contributed by atoms with Crippen LogP contribution in [0.3, 0.4) is 0 Å². The molecule has 3 nitrogen and oxygen atoms in total. The molecule has 1 aliphatic heterocycles. The van der Waals surface area contributed by atoms with Crippen LogP contribution in [0.2, 0.25) is 0 Å². The van der Waals surface area contributed by atoms with Gasteiger partial charge >= 0.3 is 6.09 Å². The second-order valence-corrected chi connectivity index (χ2v) is 4.70. The monoisotopic (exact) mass is 249 g/mol. The lowest BCUT2D eigenvalue weighted by Gasteiger charge is -2.37. The van der Waals surface area contributed by atoms with Crippen LogP contribution >= 0.6 is 0 Å². The number of nitrogens with one attached hydrogen (secondary N) is 1. The maximum Gasteiger partial charge on any atom is 0.408 e. The van der Waals surface area contributed by atoms with E-state index in [0.717, 1.165) is 11.1 Å². The van der Waals surface area contributed by atoms with Gasteiger partial charge in [0, 0.05) is 19.4 Å². The van der Waals surface area contributed by atoms with Crippen LogP contribution in [0.25, 0.3) is 0 Å². The van der Waals surface area contributed by atoms with Gasteiger partial charge in [0.05, 0.1) is 0 Å². The summed E-state index contributed by atoms with van der Waals surface area (Å²) < 4.78 is 18.5. The molecule has 1 unspecified atom stereocenters. The summed E-state index contributed by atoms with van der Waals surface area (Å²) in [5, 5.41) is 2.63. The first kappa shape index (κ1) is 12.6. The molecule has 2 rings (SSSR count). The molecule has 0 spiro atoms. The van der Waals surface area contributed by atoms with Crippen molar-refractivity contribution in [1.29, 1.82) is 0 Å². The van der Waals surface area contributed by atoms with E-state index in [-0.39, 0.29) is 5.82 Å². The number of amides is 1. The third kappa shape index (κ3) is 2.53. The van der Waals surface area contributed by atoms with Crippen LogP contribution in [0.5, 0.6) is 0 Å². The summed E-state index contributed by atoms with van der Waals surface area (Å²) >= 11 is 0. The normalized spacial score (nSPS) is 23.1. The smallest absolute Gasteiger partial charge is 0.408 e. The maximum absolute atomic E-state index is 13.0. The molecule has 1 N–H and O–H groups in total. The summed E-state index contributed by atoms with van der Waals surface area (Å²) in [5.74, 6) is -0.301. The lowest BCUT2D eigenvalue weighted by atomic mass is 9.84. The van der Waals surface area contributed by atoms with Gasteiger partial charge in [0.1, 0.15) is 11.4 Å². The van der Waals surface area contributed by atoms with E-state index in [4.69, 9.17) is 4.74 Å². The second kappa shape index (κ2) is 4.80. The van der Waals surface area contributed by atoms with Gasteiger partial charge in [-0.2, -0.15) is 0 Å². The molecule has 1 saturated heterocycles. The van der Waals surface area contributed by atoms with Gasteiger partial charge in [-0.15, -0.1) is 0 Å². The minimum Gasteiger partial charge on any atom is -0.438 e. The summed E-state index contributed by atoms with van der Waals surface area (Å²) in [6.45, 7) is 6.31. The van der Waals surface area contributed by atoms with Gasteiger partial charge in [-0.25, -0.2) is 9.18 Å². The molecule has 1 fully saturated rings. The molecule has 0 bridgehead atoms. The van der Waals surface area contributed by atoms with Crippen molar-refractivity contribution in [1.82, 2.24) is 5.32 Å². The van der Waals surface area contributed by atoms with Gasteiger partial charge in [-0.05, 0) is 24.6 Å². The Bertz CT molecular complexity index is 465. The van der Waals surface area contributed by atoms with Gasteiger partial charge < -0.3 is 10.1 Å². The lowest BCUT2D eigenvalue weighted by molar-refractivity contribution is -0.0169. The molecule has 1 aromatic rings. The molecular weight excluding hydrogens is 233 g/mol. The van der Waals surface area contributed by atoms with Crippen LogP contribution < -0.4 is 5.32 Å². The summed E-state index contributed by atoms with van der Waals surface area (Å²) in [5.41, 5.74) is 1.01. The van der Waals surface area contributed by atoms with Crippen molar-refractivity contribution in [2.45, 2.75) is 25.4 Å². The SMILES string of the molecule is C=C(C)CC1(c2ccc(F)cc2)CCNC(=O)O1. The second-order valence-electron chi connectivity index (χ2n) is 4.70. The van der Waals surface area contributed by atoms with Crippen LogP contribution in [0.15, 0.2) is 36.4 Å². The highest BCUT2D eigenvalue weighted by Gasteiger charge is 2.39. The summed E-state index contributed by atoms with van der Waals surface area (Å²) in [6, 6.07) is 6.09. The van der Waals surface area contributed by atoms with E-state index < -0.39 is 11.7 Å². The Labute approximate surface area is 106 Å². The Hall–Kier alpha value is -1.84. The fourth-order valence-electron chi connectivity index (χ4n) is 2.30. The molecule has 1 amide bonds. The van der Waals surface area contributed by atoms with Crippen LogP contribution in [-0.2, 0) is 10.3 Å². The number of rotatable bonds is 3. The highest BCUT2D eigenvalue weighted by atomic mass is 19.1. The Balaban J connectivity index is 2.37. The summed E-state index contributed by atoms with van der Waals surface area (Å²) in [7, 11) is 0. The zero-order valence-corrected chi connectivity index (χ0v) is 10.3. The largest absolute Gasteiger partial charge is 0.438 e. The first-order valence-corrected chi connectivity index (χ1v) is 5.89. The molecule has 18 heavy (non-hydrogen) atoms.